The average Bonchev–Trinajstić information content (AvgIpc) is 0.862. The summed E-state index contributed by atoms with van der Waals surface area (Å²) in [6.45, 7) is 26.1. The highest BCUT2D eigenvalue weighted by Crippen LogP contribution is 2.26. The molecule has 586 valence electrons. The quantitative estimate of drug-likeness (QED) is 0.0119. The molecule has 0 spiro atoms. The Hall–Kier alpha value is -13.8. The van der Waals surface area contributed by atoms with E-state index in [0.717, 1.165) is 23.8 Å². The van der Waals surface area contributed by atoms with Crippen molar-refractivity contribution in [3.8, 4) is 63.2 Å². The predicted octanol–water partition coefficient (Wildman–Crippen LogP) is 17.8. The second-order valence-electron chi connectivity index (χ2n) is 21.5. The Labute approximate surface area is 652 Å². The van der Waals surface area contributed by atoms with Crippen LogP contribution >= 0.6 is 0 Å². The molecule has 23 nitrogen and oxygen atoms in total. The van der Waals surface area contributed by atoms with E-state index in [1.165, 1.54) is 54.6 Å². The molecule has 0 saturated carbocycles. The molecule has 0 aliphatic heterocycles. The largest absolute Gasteiger partial charge is 0.497 e. The molecule has 9 aromatic rings. The summed E-state index contributed by atoms with van der Waals surface area (Å²) < 4.78 is 73.7. The van der Waals surface area contributed by atoms with E-state index < -0.39 is 53.7 Å². The summed E-state index contributed by atoms with van der Waals surface area (Å²) in [6, 6.07) is 60.5. The highest BCUT2D eigenvalue weighted by Gasteiger charge is 2.16. The van der Waals surface area contributed by atoms with Gasteiger partial charge in [-0.25, -0.2) is 43.2 Å². The van der Waals surface area contributed by atoms with Crippen LogP contribution in [0.2, 0.25) is 0 Å². The van der Waals surface area contributed by atoms with Crippen LogP contribution in [-0.4, -0.2) is 107 Å². The maximum Gasteiger partial charge on any atom is 0.343 e. The normalized spacial score (nSPS) is 9.82. The lowest BCUT2D eigenvalue weighted by atomic mass is 10.2. The van der Waals surface area contributed by atoms with E-state index in [0.29, 0.717) is 137 Å². The molecule has 0 N–H and O–H groups in total. The molecule has 0 radical (unpaired) electrons. The minimum absolute atomic E-state index is 0.231. The van der Waals surface area contributed by atoms with Gasteiger partial charge in [0.1, 0.15) is 63.2 Å². The van der Waals surface area contributed by atoms with Crippen LogP contribution in [0.5, 0.6) is 63.2 Å². The maximum absolute atomic E-state index is 12.4. The van der Waals surface area contributed by atoms with Gasteiger partial charge in [0.25, 0.3) is 0 Å². The van der Waals surface area contributed by atoms with Crippen LogP contribution in [0.25, 0.3) is 6.08 Å². The van der Waals surface area contributed by atoms with Crippen molar-refractivity contribution in [1.82, 2.24) is 0 Å². The van der Waals surface area contributed by atoms with Crippen LogP contribution in [0.1, 0.15) is 125 Å². The van der Waals surface area contributed by atoms with Crippen molar-refractivity contribution in [2.24, 2.45) is 0 Å². The molecule has 0 atom stereocenters. The number of ether oxygens (including phenoxy) is 14. The van der Waals surface area contributed by atoms with Crippen molar-refractivity contribution >= 4 is 59.8 Å². The van der Waals surface area contributed by atoms with Crippen molar-refractivity contribution in [2.45, 2.75) is 67.7 Å². The molecule has 0 aliphatic carbocycles. The molecule has 0 amide bonds. The standard InChI is InChI=1S/C28H26O8.C28H24O7.C27H24O8.3C2H6/c1-3-26(29)34-19-5-18-33-23-12-8-21(9-13-23)28(31)36-25-16-14-24(15-17-25)35-27(30)20-6-10-22(11-7-20)32-4-2;1-2-26(29)33-20-6-19-32-23-12-10-22(11-13-23)28(31)35-25-16-14-24(15-17-25)34-27(30)18-9-21-7-4-3-5-8-21;1-3-25(28)33-18-4-17-32-22-11-7-20(8-12-22)27(30)35-24-15-13-23(14-16-24)34-26(29)19-5-9-21(31-2)10-6-19;3*1-2/h3,6-17H,1,4-5,18-19H2,2H3;2-5,7-18H,1,6,19-20H2;3,5-16H,1,4,17-18H2,2H3;3*1-2H3/b;18-9+;;;;. The molecular formula is C89H92O23. The van der Waals surface area contributed by atoms with E-state index in [4.69, 9.17) is 66.3 Å². The molecule has 0 unspecified atom stereocenters. The Kier molecular flexibility index (Phi) is 42.9. The van der Waals surface area contributed by atoms with Gasteiger partial charge in [-0.15, -0.1) is 0 Å². The third kappa shape index (κ3) is 34.8. The first-order valence-electron chi connectivity index (χ1n) is 35.8. The number of esters is 9. The molecule has 9 rings (SSSR count). The second-order valence-corrected chi connectivity index (χ2v) is 21.5. The first-order valence-corrected chi connectivity index (χ1v) is 35.8. The summed E-state index contributed by atoms with van der Waals surface area (Å²) in [5.74, 6) is 0.292. The maximum atomic E-state index is 12.4. The molecule has 112 heavy (non-hydrogen) atoms. The predicted molar refractivity (Wildman–Crippen MR) is 423 cm³/mol. The van der Waals surface area contributed by atoms with E-state index in [9.17, 15) is 43.2 Å². The molecule has 9 aromatic carbocycles. The van der Waals surface area contributed by atoms with E-state index >= 15 is 0 Å². The van der Waals surface area contributed by atoms with E-state index in [1.807, 2.05) is 78.8 Å². The third-order valence-electron chi connectivity index (χ3n) is 13.9. The Balaban J connectivity index is 0.000000342. The zero-order valence-corrected chi connectivity index (χ0v) is 63.8. The zero-order chi connectivity index (χ0) is 81.7. The Bertz CT molecular complexity index is 4380. The van der Waals surface area contributed by atoms with Gasteiger partial charge < -0.3 is 66.3 Å². The van der Waals surface area contributed by atoms with Gasteiger partial charge in [0.15, 0.2) is 0 Å². The lowest BCUT2D eigenvalue weighted by Crippen LogP contribution is -2.10. The Morgan fingerprint density at radius 2 is 0.509 bits per heavy atom. The fourth-order valence-electron chi connectivity index (χ4n) is 8.52. The SMILES string of the molecule is C=CC(=O)OCCCOc1ccc(C(=O)Oc2ccc(OC(=O)/C=C/c3ccccc3)cc2)cc1.C=CC(=O)OCCCOc1ccc(C(=O)Oc2ccc(OC(=O)c3ccc(OC)cc3)cc2)cc1.C=CC(=O)OCCCOc1ccc(C(=O)Oc2ccc(OC(=O)c3ccc(OCC)cc3)cc2)cc1.CC.CC.CC. The van der Waals surface area contributed by atoms with E-state index in [2.05, 4.69) is 19.7 Å². The fraction of sp³-hybridized carbons (Fsp3) is 0.202. The molecule has 0 fully saturated rings. The monoisotopic (exact) mass is 1530 g/mol. The summed E-state index contributed by atoms with van der Waals surface area (Å²) in [5, 5.41) is 0. The second kappa shape index (κ2) is 53.0. The lowest BCUT2D eigenvalue weighted by Gasteiger charge is -2.09. The van der Waals surface area contributed by atoms with Gasteiger partial charge in [0.05, 0.1) is 81.2 Å². The summed E-state index contributed by atoms with van der Waals surface area (Å²) in [4.78, 5) is 107. The van der Waals surface area contributed by atoms with Crippen molar-refractivity contribution < 1.29 is 109 Å². The summed E-state index contributed by atoms with van der Waals surface area (Å²) in [5.41, 5.74) is 2.68. The molecule has 0 aromatic heterocycles. The highest BCUT2D eigenvalue weighted by atomic mass is 16.6. The lowest BCUT2D eigenvalue weighted by molar-refractivity contribution is -0.138. The fourth-order valence-corrected chi connectivity index (χ4v) is 8.52. The molecule has 0 bridgehead atoms. The van der Waals surface area contributed by atoms with Gasteiger partial charge in [-0.05, 0) is 213 Å². The number of hydrogen-bond acceptors (Lipinski definition) is 23. The summed E-state index contributed by atoms with van der Waals surface area (Å²) in [7, 11) is 1.54. The van der Waals surface area contributed by atoms with E-state index in [1.54, 1.807) is 159 Å². The van der Waals surface area contributed by atoms with Crippen molar-refractivity contribution in [3.05, 3.63) is 302 Å². The first kappa shape index (κ1) is 90.6. The van der Waals surface area contributed by atoms with Gasteiger partial charge in [-0.1, -0.05) is 91.6 Å². The number of methoxy groups -OCH3 is 1. The minimum Gasteiger partial charge on any atom is -0.497 e. The van der Waals surface area contributed by atoms with Crippen LogP contribution in [0, 0.1) is 0 Å². The minimum atomic E-state index is -0.545. The number of carbonyl (C=O) groups is 9. The van der Waals surface area contributed by atoms with Crippen LogP contribution in [0.4, 0.5) is 0 Å². The van der Waals surface area contributed by atoms with Gasteiger partial charge in [0.2, 0.25) is 0 Å². The number of rotatable bonds is 34. The van der Waals surface area contributed by atoms with Crippen LogP contribution in [-0.2, 0) is 33.4 Å². The van der Waals surface area contributed by atoms with Crippen molar-refractivity contribution in [2.75, 3.05) is 53.4 Å². The van der Waals surface area contributed by atoms with E-state index in [-0.39, 0.29) is 19.8 Å². The number of hydrogen-bond donors (Lipinski definition) is 0. The highest BCUT2D eigenvalue weighted by molar-refractivity contribution is 5.94. The van der Waals surface area contributed by atoms with Gasteiger partial charge >= 0.3 is 53.7 Å². The van der Waals surface area contributed by atoms with Crippen LogP contribution < -0.4 is 52.1 Å². The topological polar surface area (TPSA) is 283 Å². The average molecular weight is 1530 g/mol. The van der Waals surface area contributed by atoms with Crippen molar-refractivity contribution in [3.63, 3.8) is 0 Å². The van der Waals surface area contributed by atoms with Crippen LogP contribution in [0.3, 0.4) is 0 Å². The van der Waals surface area contributed by atoms with Crippen LogP contribution in [0.15, 0.2) is 268 Å². The van der Waals surface area contributed by atoms with Crippen molar-refractivity contribution in [1.29, 1.82) is 0 Å². The first-order chi connectivity index (χ1) is 54.5. The smallest absolute Gasteiger partial charge is 0.343 e. The van der Waals surface area contributed by atoms with Gasteiger partial charge in [0, 0.05) is 43.6 Å². The Morgan fingerprint density at radius 1 is 0.277 bits per heavy atom. The molecule has 0 saturated heterocycles. The zero-order valence-electron chi connectivity index (χ0n) is 63.8. The van der Waals surface area contributed by atoms with Gasteiger partial charge in [-0.3, -0.25) is 0 Å². The third-order valence-corrected chi connectivity index (χ3v) is 13.9. The molecule has 23 heteroatoms. The number of benzene rings is 9. The Morgan fingerprint density at radius 3 is 0.750 bits per heavy atom. The molecule has 0 aliphatic rings. The molecular weight excluding hydrogens is 1440 g/mol. The van der Waals surface area contributed by atoms with Gasteiger partial charge in [-0.2, -0.15) is 0 Å². The molecule has 0 heterocycles. The summed E-state index contributed by atoms with van der Waals surface area (Å²) >= 11 is 0. The number of carbonyl (C=O) groups excluding carboxylic acids is 9. The summed E-state index contributed by atoms with van der Waals surface area (Å²) in [6.07, 6.45) is 7.89.